The molecule has 1 unspecified atom stereocenters. The fraction of sp³-hybridized carbons (Fsp3) is 0.500. The molecule has 2 aromatic rings. The second kappa shape index (κ2) is 6.56. The highest BCUT2D eigenvalue weighted by molar-refractivity contribution is 5.77. The Bertz CT molecular complexity index is 698. The first-order chi connectivity index (χ1) is 11.8. The number of ether oxygens (including phenoxy) is 1. The monoisotopic (exact) mass is 328 g/mol. The fourth-order valence-electron chi connectivity index (χ4n) is 3.38. The molecule has 3 atom stereocenters. The lowest BCUT2D eigenvalue weighted by Crippen LogP contribution is -2.56. The number of hydrogen-bond acceptors (Lipinski definition) is 6. The van der Waals surface area contributed by atoms with Crippen LogP contribution < -0.4 is 10.6 Å². The van der Waals surface area contributed by atoms with Crippen LogP contribution in [-0.4, -0.2) is 50.2 Å². The summed E-state index contributed by atoms with van der Waals surface area (Å²) >= 11 is 0. The molecule has 126 valence electrons. The van der Waals surface area contributed by atoms with Gasteiger partial charge in [-0.2, -0.15) is 0 Å². The van der Waals surface area contributed by atoms with Crippen molar-refractivity contribution in [1.29, 1.82) is 0 Å². The number of amides is 1. The van der Waals surface area contributed by atoms with E-state index in [2.05, 4.69) is 25.6 Å². The minimum Gasteiger partial charge on any atom is -0.376 e. The number of hydrogen-bond donors (Lipinski definition) is 2. The van der Waals surface area contributed by atoms with Crippen LogP contribution in [0.15, 0.2) is 31.1 Å². The predicted octanol–water partition coefficient (Wildman–Crippen LogP) is 0.900. The van der Waals surface area contributed by atoms with Gasteiger partial charge in [-0.15, -0.1) is 0 Å². The summed E-state index contributed by atoms with van der Waals surface area (Å²) in [5.74, 6) is 1.58. The molecule has 4 rings (SSSR count). The summed E-state index contributed by atoms with van der Waals surface area (Å²) < 4.78 is 7.62. The number of anilines is 1. The molecule has 2 aliphatic heterocycles. The van der Waals surface area contributed by atoms with Crippen LogP contribution in [0, 0.1) is 0 Å². The van der Waals surface area contributed by atoms with Crippen molar-refractivity contribution in [1.82, 2.24) is 24.8 Å². The molecule has 2 fully saturated rings. The second-order valence-electron chi connectivity index (χ2n) is 6.17. The van der Waals surface area contributed by atoms with Gasteiger partial charge < -0.3 is 15.4 Å². The van der Waals surface area contributed by atoms with Crippen molar-refractivity contribution >= 4 is 11.7 Å². The Labute approximate surface area is 139 Å². The van der Waals surface area contributed by atoms with E-state index < -0.39 is 0 Å². The van der Waals surface area contributed by atoms with Crippen LogP contribution in [0.5, 0.6) is 0 Å². The zero-order valence-electron chi connectivity index (χ0n) is 13.3. The predicted molar refractivity (Wildman–Crippen MR) is 86.7 cm³/mol. The van der Waals surface area contributed by atoms with Gasteiger partial charge in [-0.05, 0) is 19.3 Å². The first-order valence-corrected chi connectivity index (χ1v) is 8.27. The van der Waals surface area contributed by atoms with Crippen molar-refractivity contribution in [3.05, 3.63) is 31.1 Å². The molecule has 4 heterocycles. The van der Waals surface area contributed by atoms with E-state index in [-0.39, 0.29) is 24.1 Å². The number of piperidine rings is 1. The number of aromatic nitrogens is 4. The number of rotatable bonds is 4. The molecule has 0 spiro atoms. The molecule has 0 bridgehead atoms. The van der Waals surface area contributed by atoms with Gasteiger partial charge in [-0.3, -0.25) is 9.36 Å². The number of carbonyl (C=O) groups is 1. The van der Waals surface area contributed by atoms with E-state index in [1.807, 2.05) is 16.8 Å². The smallest absolute Gasteiger partial charge is 0.220 e. The van der Waals surface area contributed by atoms with Crippen LogP contribution in [0.4, 0.5) is 5.82 Å². The standard InChI is InChI=1S/C16H20N6O2/c23-15-4-3-11(16(21-15)12-2-1-7-24-12)20-13-8-14(19-9-18-13)22-6-5-17-10-22/h5-6,8-12,16H,1-4,7H2,(H,21,23)(H,18,19,20)/t11-,12?,16-/m0/s1. The van der Waals surface area contributed by atoms with Gasteiger partial charge in [0, 0.05) is 31.5 Å². The third kappa shape index (κ3) is 3.09. The molecule has 0 aromatic carbocycles. The van der Waals surface area contributed by atoms with Crippen molar-refractivity contribution in [2.75, 3.05) is 11.9 Å². The molecule has 2 N–H and O–H groups in total. The summed E-state index contributed by atoms with van der Waals surface area (Å²) in [6.07, 6.45) is 10.1. The third-order valence-corrected chi connectivity index (χ3v) is 4.56. The summed E-state index contributed by atoms with van der Waals surface area (Å²) in [5, 5.41) is 6.54. The highest BCUT2D eigenvalue weighted by atomic mass is 16.5. The summed E-state index contributed by atoms with van der Waals surface area (Å²) in [7, 11) is 0. The quantitative estimate of drug-likeness (QED) is 0.866. The number of nitrogens with one attached hydrogen (secondary N) is 2. The van der Waals surface area contributed by atoms with Crippen molar-refractivity contribution in [2.45, 2.75) is 43.9 Å². The Balaban J connectivity index is 1.52. The van der Waals surface area contributed by atoms with E-state index in [1.165, 1.54) is 6.33 Å². The molecule has 2 saturated heterocycles. The van der Waals surface area contributed by atoms with Gasteiger partial charge in [-0.25, -0.2) is 15.0 Å². The molecule has 1 amide bonds. The van der Waals surface area contributed by atoms with Crippen LogP contribution in [0.2, 0.25) is 0 Å². The first-order valence-electron chi connectivity index (χ1n) is 8.27. The molecule has 0 aliphatic carbocycles. The highest BCUT2D eigenvalue weighted by Crippen LogP contribution is 2.24. The van der Waals surface area contributed by atoms with Crippen molar-refractivity contribution in [3.63, 3.8) is 0 Å². The van der Waals surface area contributed by atoms with Crippen LogP contribution in [-0.2, 0) is 9.53 Å². The number of imidazole rings is 1. The second-order valence-corrected chi connectivity index (χ2v) is 6.17. The minimum absolute atomic E-state index is 0.0274. The van der Waals surface area contributed by atoms with Gasteiger partial charge in [0.05, 0.1) is 18.2 Å². The summed E-state index contributed by atoms with van der Waals surface area (Å²) in [6, 6.07) is 1.95. The Morgan fingerprint density at radius 3 is 3.08 bits per heavy atom. The molecule has 24 heavy (non-hydrogen) atoms. The van der Waals surface area contributed by atoms with Crippen molar-refractivity contribution in [2.24, 2.45) is 0 Å². The van der Waals surface area contributed by atoms with Gasteiger partial charge in [0.1, 0.15) is 24.3 Å². The zero-order chi connectivity index (χ0) is 16.4. The van der Waals surface area contributed by atoms with E-state index in [4.69, 9.17) is 4.74 Å². The van der Waals surface area contributed by atoms with Gasteiger partial charge in [0.15, 0.2) is 0 Å². The van der Waals surface area contributed by atoms with Gasteiger partial charge in [0.2, 0.25) is 5.91 Å². The Morgan fingerprint density at radius 1 is 1.33 bits per heavy atom. The van der Waals surface area contributed by atoms with Crippen molar-refractivity contribution in [3.8, 4) is 5.82 Å². The third-order valence-electron chi connectivity index (χ3n) is 4.56. The lowest BCUT2D eigenvalue weighted by molar-refractivity contribution is -0.124. The van der Waals surface area contributed by atoms with Crippen LogP contribution in [0.25, 0.3) is 5.82 Å². The average molecular weight is 328 g/mol. The number of carbonyl (C=O) groups excluding carboxylic acids is 1. The van der Waals surface area contributed by atoms with Gasteiger partial charge >= 0.3 is 0 Å². The first kappa shape index (κ1) is 15.1. The lowest BCUT2D eigenvalue weighted by Gasteiger charge is -2.36. The highest BCUT2D eigenvalue weighted by Gasteiger charge is 2.37. The maximum absolute atomic E-state index is 11.8. The van der Waals surface area contributed by atoms with E-state index in [1.54, 1.807) is 12.5 Å². The van der Waals surface area contributed by atoms with Crippen LogP contribution >= 0.6 is 0 Å². The Hall–Kier alpha value is -2.48. The van der Waals surface area contributed by atoms with E-state index in [0.717, 1.165) is 37.5 Å². The van der Waals surface area contributed by atoms with Crippen molar-refractivity contribution < 1.29 is 9.53 Å². The summed E-state index contributed by atoms with van der Waals surface area (Å²) in [4.78, 5) is 24.4. The maximum atomic E-state index is 11.8. The fourth-order valence-corrected chi connectivity index (χ4v) is 3.38. The Morgan fingerprint density at radius 2 is 2.29 bits per heavy atom. The molecule has 2 aliphatic rings. The lowest BCUT2D eigenvalue weighted by atomic mass is 9.92. The molecule has 8 heteroatoms. The van der Waals surface area contributed by atoms with Crippen LogP contribution in [0.1, 0.15) is 25.7 Å². The van der Waals surface area contributed by atoms with E-state index in [0.29, 0.717) is 6.42 Å². The maximum Gasteiger partial charge on any atom is 0.220 e. The van der Waals surface area contributed by atoms with E-state index >= 15 is 0 Å². The molecular formula is C16H20N6O2. The summed E-state index contributed by atoms with van der Waals surface area (Å²) in [6.45, 7) is 0.766. The van der Waals surface area contributed by atoms with Gasteiger partial charge in [0.25, 0.3) is 0 Å². The zero-order valence-corrected chi connectivity index (χ0v) is 13.3. The topological polar surface area (TPSA) is 94.0 Å². The molecule has 8 nitrogen and oxygen atoms in total. The molecular weight excluding hydrogens is 308 g/mol. The minimum atomic E-state index is -0.0274. The summed E-state index contributed by atoms with van der Waals surface area (Å²) in [5.41, 5.74) is 0. The SMILES string of the molecule is O=C1CC[C@H](Nc2cc(-n3ccnc3)ncn2)[C@@H](C2CCCO2)N1. The largest absolute Gasteiger partial charge is 0.376 e. The normalized spacial score (nSPS) is 27.0. The van der Waals surface area contributed by atoms with Gasteiger partial charge in [-0.1, -0.05) is 0 Å². The number of nitrogens with zero attached hydrogens (tertiary/aromatic N) is 4. The Kier molecular flexibility index (Phi) is 4.12. The average Bonchev–Trinajstić information content (AvgIpc) is 3.30. The molecule has 0 saturated carbocycles. The van der Waals surface area contributed by atoms with E-state index in [9.17, 15) is 4.79 Å². The molecule has 0 radical (unpaired) electrons. The van der Waals surface area contributed by atoms with Crippen LogP contribution in [0.3, 0.4) is 0 Å². The molecule has 2 aromatic heterocycles.